The molecule has 1 aliphatic rings. The van der Waals surface area contributed by atoms with Crippen LogP contribution < -0.4 is 5.32 Å². The van der Waals surface area contributed by atoms with Crippen molar-refractivity contribution in [1.82, 2.24) is 5.32 Å². The Labute approximate surface area is 121 Å². The highest BCUT2D eigenvalue weighted by molar-refractivity contribution is 5.98. The lowest BCUT2D eigenvalue weighted by molar-refractivity contribution is -0.385. The summed E-state index contributed by atoms with van der Waals surface area (Å²) in [6.45, 7) is 1.69. The molecule has 21 heavy (non-hydrogen) atoms. The SMILES string of the molecule is O=C(NCCC1=CCOCC1)c1cccc([N+](=O)[O-])c1O. The van der Waals surface area contributed by atoms with Gasteiger partial charge >= 0.3 is 5.69 Å². The fourth-order valence-corrected chi connectivity index (χ4v) is 2.09. The summed E-state index contributed by atoms with van der Waals surface area (Å²) in [6.07, 6.45) is 3.53. The Hall–Kier alpha value is -2.41. The summed E-state index contributed by atoms with van der Waals surface area (Å²) in [4.78, 5) is 21.9. The number of rotatable bonds is 5. The largest absolute Gasteiger partial charge is 0.502 e. The number of nitrogens with zero attached hydrogens (tertiary/aromatic N) is 1. The number of nitro benzene ring substituents is 1. The van der Waals surface area contributed by atoms with Crippen LogP contribution in [0.5, 0.6) is 5.75 Å². The van der Waals surface area contributed by atoms with E-state index in [4.69, 9.17) is 4.74 Å². The van der Waals surface area contributed by atoms with Crippen molar-refractivity contribution in [2.45, 2.75) is 12.8 Å². The number of carbonyl (C=O) groups is 1. The predicted molar refractivity (Wildman–Crippen MR) is 75.2 cm³/mol. The van der Waals surface area contributed by atoms with Crippen molar-refractivity contribution in [1.29, 1.82) is 0 Å². The maximum Gasteiger partial charge on any atom is 0.311 e. The summed E-state index contributed by atoms with van der Waals surface area (Å²) < 4.78 is 5.19. The number of carbonyl (C=O) groups excluding carboxylic acids is 1. The number of hydrogen-bond acceptors (Lipinski definition) is 5. The molecule has 2 rings (SSSR count). The molecule has 0 aromatic heterocycles. The maximum absolute atomic E-state index is 11.9. The van der Waals surface area contributed by atoms with Crippen LogP contribution in [0.4, 0.5) is 5.69 Å². The van der Waals surface area contributed by atoms with Crippen molar-refractivity contribution in [2.24, 2.45) is 0 Å². The van der Waals surface area contributed by atoms with Crippen molar-refractivity contribution in [3.8, 4) is 5.75 Å². The van der Waals surface area contributed by atoms with E-state index in [-0.39, 0.29) is 5.56 Å². The molecule has 0 bridgehead atoms. The number of phenols is 1. The molecule has 1 aliphatic heterocycles. The highest BCUT2D eigenvalue weighted by Crippen LogP contribution is 2.29. The molecule has 0 unspecified atom stereocenters. The van der Waals surface area contributed by atoms with E-state index in [9.17, 15) is 20.0 Å². The molecule has 112 valence electrons. The Morgan fingerprint density at radius 1 is 1.48 bits per heavy atom. The van der Waals surface area contributed by atoms with Crippen molar-refractivity contribution >= 4 is 11.6 Å². The van der Waals surface area contributed by atoms with Gasteiger partial charge < -0.3 is 15.2 Å². The molecule has 1 heterocycles. The topological polar surface area (TPSA) is 102 Å². The third kappa shape index (κ3) is 3.79. The lowest BCUT2D eigenvalue weighted by atomic mass is 10.1. The van der Waals surface area contributed by atoms with E-state index in [2.05, 4.69) is 5.32 Å². The van der Waals surface area contributed by atoms with Crippen molar-refractivity contribution < 1.29 is 19.6 Å². The number of hydrogen-bond donors (Lipinski definition) is 2. The van der Waals surface area contributed by atoms with Gasteiger partial charge in [0.15, 0.2) is 0 Å². The second-order valence-electron chi connectivity index (χ2n) is 4.62. The molecule has 1 aromatic rings. The van der Waals surface area contributed by atoms with E-state index >= 15 is 0 Å². The van der Waals surface area contributed by atoms with Crippen LogP contribution in [0, 0.1) is 10.1 Å². The molecule has 0 fully saturated rings. The quantitative estimate of drug-likeness (QED) is 0.489. The molecular weight excluding hydrogens is 276 g/mol. The van der Waals surface area contributed by atoms with Crippen LogP contribution in [-0.2, 0) is 4.74 Å². The zero-order valence-corrected chi connectivity index (χ0v) is 11.4. The second-order valence-corrected chi connectivity index (χ2v) is 4.62. The molecule has 0 radical (unpaired) electrons. The smallest absolute Gasteiger partial charge is 0.311 e. The number of ether oxygens (including phenoxy) is 1. The Morgan fingerprint density at radius 3 is 2.95 bits per heavy atom. The number of nitro groups is 1. The summed E-state index contributed by atoms with van der Waals surface area (Å²) in [5, 5.41) is 23.1. The Balaban J connectivity index is 1.96. The van der Waals surface area contributed by atoms with Crippen molar-refractivity contribution in [3.63, 3.8) is 0 Å². The van der Waals surface area contributed by atoms with Gasteiger partial charge in [0.1, 0.15) is 0 Å². The average Bonchev–Trinajstić information content (AvgIpc) is 2.48. The lowest BCUT2D eigenvalue weighted by Crippen LogP contribution is -2.25. The third-order valence-electron chi connectivity index (χ3n) is 3.25. The molecule has 1 amide bonds. The summed E-state index contributed by atoms with van der Waals surface area (Å²) in [5.74, 6) is -1.13. The highest BCUT2D eigenvalue weighted by atomic mass is 16.6. The second kappa shape index (κ2) is 6.85. The number of benzene rings is 1. The van der Waals surface area contributed by atoms with Gasteiger partial charge in [-0.25, -0.2) is 0 Å². The zero-order valence-electron chi connectivity index (χ0n) is 11.4. The lowest BCUT2D eigenvalue weighted by Gasteiger charge is -2.13. The van der Waals surface area contributed by atoms with Gasteiger partial charge in [0.25, 0.3) is 5.91 Å². The molecule has 7 heteroatoms. The third-order valence-corrected chi connectivity index (χ3v) is 3.25. The van der Waals surface area contributed by atoms with Gasteiger partial charge in [-0.3, -0.25) is 14.9 Å². The van der Waals surface area contributed by atoms with Gasteiger partial charge in [0.2, 0.25) is 5.75 Å². The van der Waals surface area contributed by atoms with Crippen LogP contribution >= 0.6 is 0 Å². The molecule has 0 spiro atoms. The van der Waals surface area contributed by atoms with E-state index in [1.807, 2.05) is 6.08 Å². The monoisotopic (exact) mass is 292 g/mol. The molecular formula is C14H16N2O5. The van der Waals surface area contributed by atoms with E-state index < -0.39 is 22.3 Å². The Morgan fingerprint density at radius 2 is 2.29 bits per heavy atom. The molecule has 7 nitrogen and oxygen atoms in total. The van der Waals surface area contributed by atoms with E-state index in [0.717, 1.165) is 12.5 Å². The minimum absolute atomic E-state index is 0.0924. The standard InChI is InChI=1S/C14H16N2O5/c17-13-11(2-1-3-12(13)16(19)20)14(18)15-7-4-10-5-8-21-9-6-10/h1-3,5,17H,4,6-9H2,(H,15,18). The maximum atomic E-state index is 11.9. The van der Waals surface area contributed by atoms with Gasteiger partial charge in [-0.1, -0.05) is 17.7 Å². The Kier molecular flexibility index (Phi) is 4.89. The van der Waals surface area contributed by atoms with E-state index in [0.29, 0.717) is 26.2 Å². The molecule has 0 aliphatic carbocycles. The zero-order chi connectivity index (χ0) is 15.2. The van der Waals surface area contributed by atoms with Crippen LogP contribution in [0.15, 0.2) is 29.8 Å². The number of phenolic OH excluding ortho intramolecular Hbond substituents is 1. The van der Waals surface area contributed by atoms with E-state index in [1.165, 1.54) is 17.7 Å². The van der Waals surface area contributed by atoms with Gasteiger partial charge in [0, 0.05) is 12.6 Å². The van der Waals surface area contributed by atoms with Crippen LogP contribution in [0.1, 0.15) is 23.2 Å². The van der Waals surface area contributed by atoms with Gasteiger partial charge in [-0.15, -0.1) is 0 Å². The fraction of sp³-hybridized carbons (Fsp3) is 0.357. The molecule has 1 aromatic carbocycles. The van der Waals surface area contributed by atoms with Crippen LogP contribution in [0.3, 0.4) is 0 Å². The minimum Gasteiger partial charge on any atom is -0.502 e. The van der Waals surface area contributed by atoms with Gasteiger partial charge in [-0.2, -0.15) is 0 Å². The van der Waals surface area contributed by atoms with Crippen LogP contribution in [-0.4, -0.2) is 35.7 Å². The summed E-state index contributed by atoms with van der Waals surface area (Å²) in [6, 6.07) is 3.87. The normalized spacial score (nSPS) is 14.4. The summed E-state index contributed by atoms with van der Waals surface area (Å²) in [5.41, 5.74) is 0.643. The first kappa shape index (κ1) is 15.0. The van der Waals surface area contributed by atoms with Crippen molar-refractivity contribution in [2.75, 3.05) is 19.8 Å². The van der Waals surface area contributed by atoms with Crippen LogP contribution in [0.2, 0.25) is 0 Å². The van der Waals surface area contributed by atoms with Crippen molar-refractivity contribution in [3.05, 3.63) is 45.5 Å². The van der Waals surface area contributed by atoms with Gasteiger partial charge in [-0.05, 0) is 18.9 Å². The minimum atomic E-state index is -0.723. The molecule has 0 saturated carbocycles. The predicted octanol–water partition coefficient (Wildman–Crippen LogP) is 1.77. The number of amides is 1. The fourth-order valence-electron chi connectivity index (χ4n) is 2.09. The average molecular weight is 292 g/mol. The van der Waals surface area contributed by atoms with Crippen LogP contribution in [0.25, 0.3) is 0 Å². The molecule has 0 atom stereocenters. The first-order valence-corrected chi connectivity index (χ1v) is 6.60. The van der Waals surface area contributed by atoms with Gasteiger partial charge in [0.05, 0.1) is 23.7 Å². The summed E-state index contributed by atoms with van der Waals surface area (Å²) >= 11 is 0. The number of nitrogens with one attached hydrogen (secondary N) is 1. The number of para-hydroxylation sites is 1. The Bertz CT molecular complexity index is 583. The molecule has 2 N–H and O–H groups in total. The molecule has 0 saturated heterocycles. The number of aromatic hydroxyl groups is 1. The first-order chi connectivity index (χ1) is 10.1. The summed E-state index contributed by atoms with van der Waals surface area (Å²) in [7, 11) is 0. The first-order valence-electron chi connectivity index (χ1n) is 6.60. The van der Waals surface area contributed by atoms with E-state index in [1.54, 1.807) is 0 Å². The highest BCUT2D eigenvalue weighted by Gasteiger charge is 2.20.